The minimum Gasteiger partial charge on any atom is -0.399 e. The average molecular weight is 249 g/mol. The molecule has 0 saturated heterocycles. The Morgan fingerprint density at radius 3 is 2.94 bits per heavy atom. The highest BCUT2D eigenvalue weighted by atomic mass is 32.2. The molecule has 0 aliphatic rings. The number of nitrogens with two attached hydrogens (primary N) is 1. The maximum absolute atomic E-state index is 5.76. The monoisotopic (exact) mass is 249 g/mol. The van der Waals surface area contributed by atoms with Gasteiger partial charge in [0.2, 0.25) is 5.89 Å². The van der Waals surface area contributed by atoms with E-state index < -0.39 is 0 Å². The molecule has 0 amide bonds. The fourth-order valence-corrected chi connectivity index (χ4v) is 2.32. The number of aromatic nitrogens is 2. The highest BCUT2D eigenvalue weighted by Gasteiger charge is 2.06. The molecule has 5 heteroatoms. The molecule has 1 heterocycles. The Morgan fingerprint density at radius 2 is 2.24 bits per heavy atom. The molecule has 0 radical (unpaired) electrons. The molecule has 2 rings (SSSR count). The number of nitrogens with zero attached hydrogens (tertiary/aromatic N) is 2. The zero-order chi connectivity index (χ0) is 12.3. The van der Waals surface area contributed by atoms with Gasteiger partial charge in [-0.25, -0.2) is 0 Å². The smallest absolute Gasteiger partial charge is 0.237 e. The number of nitrogen functional groups attached to an aromatic ring is 1. The first-order valence-electron chi connectivity index (χ1n) is 5.49. The molecule has 0 unspecified atom stereocenters. The first kappa shape index (κ1) is 12.0. The van der Waals surface area contributed by atoms with Crippen LogP contribution in [0.3, 0.4) is 0 Å². The van der Waals surface area contributed by atoms with Crippen LogP contribution >= 0.6 is 11.8 Å². The molecule has 0 spiro atoms. The predicted octanol–water partition coefficient (Wildman–Crippen LogP) is 2.81. The zero-order valence-corrected chi connectivity index (χ0v) is 10.8. The quantitative estimate of drug-likeness (QED) is 0.666. The van der Waals surface area contributed by atoms with Gasteiger partial charge >= 0.3 is 0 Å². The number of benzene rings is 1. The van der Waals surface area contributed by atoms with Crippen molar-refractivity contribution in [3.05, 3.63) is 35.5 Å². The molecule has 2 N–H and O–H groups in total. The molecule has 0 fully saturated rings. The van der Waals surface area contributed by atoms with Crippen LogP contribution in [0.4, 0.5) is 5.69 Å². The van der Waals surface area contributed by atoms with Gasteiger partial charge in [-0.3, -0.25) is 0 Å². The van der Waals surface area contributed by atoms with Gasteiger partial charge in [0, 0.05) is 17.0 Å². The van der Waals surface area contributed by atoms with Crippen molar-refractivity contribution in [1.82, 2.24) is 10.1 Å². The maximum Gasteiger partial charge on any atom is 0.237 e. The SMILES string of the molecule is CCc1noc(CSc2cc(N)ccc2C)n1. The van der Waals surface area contributed by atoms with Gasteiger partial charge in [-0.15, -0.1) is 11.8 Å². The maximum atomic E-state index is 5.76. The number of aryl methyl sites for hydroxylation is 2. The predicted molar refractivity (Wildman–Crippen MR) is 68.8 cm³/mol. The van der Waals surface area contributed by atoms with Crippen LogP contribution in [-0.2, 0) is 12.2 Å². The molecule has 0 bridgehead atoms. The van der Waals surface area contributed by atoms with E-state index in [0.717, 1.165) is 22.8 Å². The topological polar surface area (TPSA) is 64.9 Å². The lowest BCUT2D eigenvalue weighted by atomic mass is 10.2. The van der Waals surface area contributed by atoms with Crippen LogP contribution in [0.25, 0.3) is 0 Å². The standard InChI is InChI=1S/C12H15N3OS/c1-3-11-14-12(16-15-11)7-17-10-6-9(13)5-4-8(10)2/h4-6H,3,7,13H2,1-2H3. The lowest BCUT2D eigenvalue weighted by Gasteiger charge is -2.04. The van der Waals surface area contributed by atoms with Crippen LogP contribution in [0.5, 0.6) is 0 Å². The van der Waals surface area contributed by atoms with E-state index in [1.165, 1.54) is 5.56 Å². The van der Waals surface area contributed by atoms with E-state index in [1.54, 1.807) is 11.8 Å². The summed E-state index contributed by atoms with van der Waals surface area (Å²) in [7, 11) is 0. The van der Waals surface area contributed by atoms with Gasteiger partial charge in [-0.05, 0) is 24.6 Å². The van der Waals surface area contributed by atoms with Gasteiger partial charge in [-0.2, -0.15) is 4.98 Å². The lowest BCUT2D eigenvalue weighted by Crippen LogP contribution is -1.88. The fourth-order valence-electron chi connectivity index (χ4n) is 1.40. The summed E-state index contributed by atoms with van der Waals surface area (Å²) >= 11 is 1.66. The van der Waals surface area contributed by atoms with Crippen LogP contribution in [0.1, 0.15) is 24.2 Å². The van der Waals surface area contributed by atoms with Gasteiger partial charge in [0.1, 0.15) is 0 Å². The highest BCUT2D eigenvalue weighted by molar-refractivity contribution is 7.98. The number of rotatable bonds is 4. The van der Waals surface area contributed by atoms with Crippen molar-refractivity contribution in [3.63, 3.8) is 0 Å². The van der Waals surface area contributed by atoms with E-state index in [9.17, 15) is 0 Å². The van der Waals surface area contributed by atoms with E-state index in [0.29, 0.717) is 11.6 Å². The number of thioether (sulfide) groups is 1. The van der Waals surface area contributed by atoms with E-state index in [1.807, 2.05) is 25.1 Å². The van der Waals surface area contributed by atoms with E-state index in [2.05, 4.69) is 17.1 Å². The molecule has 0 aliphatic carbocycles. The molecular weight excluding hydrogens is 234 g/mol. The summed E-state index contributed by atoms with van der Waals surface area (Å²) in [4.78, 5) is 5.42. The van der Waals surface area contributed by atoms with Crippen LogP contribution in [-0.4, -0.2) is 10.1 Å². The second-order valence-electron chi connectivity index (χ2n) is 3.77. The van der Waals surface area contributed by atoms with Gasteiger partial charge in [0.25, 0.3) is 0 Å². The Kier molecular flexibility index (Phi) is 3.68. The Balaban J connectivity index is 2.04. The fraction of sp³-hybridized carbons (Fsp3) is 0.333. The summed E-state index contributed by atoms with van der Waals surface area (Å²) in [5.41, 5.74) is 7.74. The summed E-state index contributed by atoms with van der Waals surface area (Å²) in [6.07, 6.45) is 0.797. The summed E-state index contributed by atoms with van der Waals surface area (Å²) in [5.74, 6) is 2.09. The van der Waals surface area contributed by atoms with Crippen molar-refractivity contribution in [1.29, 1.82) is 0 Å². The Labute approximate surface area is 105 Å². The molecule has 0 aliphatic heterocycles. The molecule has 0 atom stereocenters. The first-order chi connectivity index (χ1) is 8.19. The molecule has 17 heavy (non-hydrogen) atoms. The minimum atomic E-state index is 0.661. The third-order valence-electron chi connectivity index (χ3n) is 2.39. The Morgan fingerprint density at radius 1 is 1.41 bits per heavy atom. The third kappa shape index (κ3) is 3.00. The molecule has 4 nitrogen and oxygen atoms in total. The normalized spacial score (nSPS) is 10.7. The number of hydrogen-bond donors (Lipinski definition) is 1. The van der Waals surface area contributed by atoms with Crippen molar-refractivity contribution in [2.24, 2.45) is 0 Å². The van der Waals surface area contributed by atoms with Crippen molar-refractivity contribution in [2.75, 3.05) is 5.73 Å². The summed E-state index contributed by atoms with van der Waals surface area (Å²) < 4.78 is 5.13. The van der Waals surface area contributed by atoms with E-state index in [4.69, 9.17) is 10.3 Å². The lowest BCUT2D eigenvalue weighted by molar-refractivity contribution is 0.385. The minimum absolute atomic E-state index is 0.661. The van der Waals surface area contributed by atoms with Crippen molar-refractivity contribution >= 4 is 17.4 Å². The highest BCUT2D eigenvalue weighted by Crippen LogP contribution is 2.27. The van der Waals surface area contributed by atoms with Crippen LogP contribution in [0.2, 0.25) is 0 Å². The second kappa shape index (κ2) is 5.23. The molecule has 1 aromatic carbocycles. The van der Waals surface area contributed by atoms with Crippen LogP contribution < -0.4 is 5.73 Å². The Hall–Kier alpha value is -1.49. The van der Waals surface area contributed by atoms with Crippen molar-refractivity contribution < 1.29 is 4.52 Å². The summed E-state index contributed by atoms with van der Waals surface area (Å²) in [5, 5.41) is 3.86. The summed E-state index contributed by atoms with van der Waals surface area (Å²) in [6.45, 7) is 4.07. The first-order valence-corrected chi connectivity index (χ1v) is 6.48. The largest absolute Gasteiger partial charge is 0.399 e. The van der Waals surface area contributed by atoms with Crippen molar-refractivity contribution in [3.8, 4) is 0 Å². The van der Waals surface area contributed by atoms with Crippen LogP contribution in [0.15, 0.2) is 27.6 Å². The van der Waals surface area contributed by atoms with Gasteiger partial charge < -0.3 is 10.3 Å². The van der Waals surface area contributed by atoms with E-state index in [-0.39, 0.29) is 0 Å². The molecule has 90 valence electrons. The van der Waals surface area contributed by atoms with Crippen LogP contribution in [0, 0.1) is 6.92 Å². The third-order valence-corrected chi connectivity index (χ3v) is 3.53. The van der Waals surface area contributed by atoms with E-state index >= 15 is 0 Å². The molecular formula is C12H15N3OS. The second-order valence-corrected chi connectivity index (χ2v) is 4.79. The van der Waals surface area contributed by atoms with Crippen molar-refractivity contribution in [2.45, 2.75) is 30.9 Å². The van der Waals surface area contributed by atoms with Gasteiger partial charge in [0.15, 0.2) is 5.82 Å². The average Bonchev–Trinajstić information content (AvgIpc) is 2.78. The zero-order valence-electron chi connectivity index (χ0n) is 9.93. The number of anilines is 1. The van der Waals surface area contributed by atoms with Gasteiger partial charge in [-0.1, -0.05) is 18.1 Å². The number of hydrogen-bond acceptors (Lipinski definition) is 5. The Bertz CT molecular complexity index is 510. The van der Waals surface area contributed by atoms with Gasteiger partial charge in [0.05, 0.1) is 5.75 Å². The molecule has 1 aromatic heterocycles. The summed E-state index contributed by atoms with van der Waals surface area (Å²) in [6, 6.07) is 5.89. The molecule has 2 aromatic rings. The molecule has 0 saturated carbocycles.